The Morgan fingerprint density at radius 3 is 2.71 bits per heavy atom. The van der Waals surface area contributed by atoms with Crippen molar-refractivity contribution in [1.82, 2.24) is 15.0 Å². The molecule has 0 radical (unpaired) electrons. The summed E-state index contributed by atoms with van der Waals surface area (Å²) in [5.41, 5.74) is 3.87. The summed E-state index contributed by atoms with van der Waals surface area (Å²) >= 11 is 6.34. The molecule has 21 heavy (non-hydrogen) atoms. The van der Waals surface area contributed by atoms with Gasteiger partial charge in [-0.1, -0.05) is 17.7 Å². The highest BCUT2D eigenvalue weighted by Gasteiger charge is 2.09. The average Bonchev–Trinajstić information content (AvgIpc) is 2.91. The van der Waals surface area contributed by atoms with Gasteiger partial charge in [0.15, 0.2) is 0 Å². The van der Waals surface area contributed by atoms with Gasteiger partial charge in [0.25, 0.3) is 0 Å². The molecule has 0 atom stereocenters. The number of pyridine rings is 2. The largest absolute Gasteiger partial charge is 0.346 e. The predicted molar refractivity (Wildman–Crippen MR) is 89.1 cm³/mol. The highest BCUT2D eigenvalue weighted by atomic mass is 35.5. The zero-order chi connectivity index (χ0) is 13.5. The van der Waals surface area contributed by atoms with E-state index in [9.17, 15) is 0 Å². The van der Waals surface area contributed by atoms with E-state index < -0.39 is 0 Å². The molecule has 0 spiro atoms. The minimum absolute atomic E-state index is 0. The van der Waals surface area contributed by atoms with Crippen LogP contribution in [0.15, 0.2) is 55.0 Å². The standard InChI is InChI=1S/C16H10ClN3.ClH/c17-14-8-11(7-10-3-1-5-18-15(10)14)13-9-20-16-12(13)4-2-6-19-16;/h1-9H,(H,19,20);1H. The van der Waals surface area contributed by atoms with Crippen LogP contribution in [0.1, 0.15) is 0 Å². The Balaban J connectivity index is 0.00000132. The lowest BCUT2D eigenvalue weighted by Gasteiger charge is -2.04. The van der Waals surface area contributed by atoms with Crippen molar-refractivity contribution in [2.45, 2.75) is 0 Å². The summed E-state index contributed by atoms with van der Waals surface area (Å²) in [5, 5.41) is 2.79. The van der Waals surface area contributed by atoms with Crippen molar-refractivity contribution in [3.05, 3.63) is 60.0 Å². The topological polar surface area (TPSA) is 41.6 Å². The van der Waals surface area contributed by atoms with Gasteiger partial charge in [-0.2, -0.15) is 0 Å². The molecule has 104 valence electrons. The maximum absolute atomic E-state index is 6.34. The molecular formula is C16H11Cl2N3. The highest BCUT2D eigenvalue weighted by molar-refractivity contribution is 6.35. The minimum atomic E-state index is 0. The van der Waals surface area contributed by atoms with Crippen LogP contribution in [-0.2, 0) is 0 Å². The van der Waals surface area contributed by atoms with Crippen LogP contribution in [0.4, 0.5) is 0 Å². The molecule has 0 amide bonds. The van der Waals surface area contributed by atoms with Gasteiger partial charge in [-0.15, -0.1) is 12.4 Å². The van der Waals surface area contributed by atoms with Crippen molar-refractivity contribution >= 4 is 45.9 Å². The van der Waals surface area contributed by atoms with Crippen molar-refractivity contribution in [3.63, 3.8) is 0 Å². The lowest BCUT2D eigenvalue weighted by atomic mass is 10.0. The van der Waals surface area contributed by atoms with Crippen molar-refractivity contribution in [2.24, 2.45) is 0 Å². The van der Waals surface area contributed by atoms with E-state index in [-0.39, 0.29) is 12.4 Å². The Kier molecular flexibility index (Phi) is 3.53. The molecule has 3 nitrogen and oxygen atoms in total. The van der Waals surface area contributed by atoms with Crippen LogP contribution in [0.2, 0.25) is 5.02 Å². The maximum Gasteiger partial charge on any atom is 0.137 e. The summed E-state index contributed by atoms with van der Waals surface area (Å²) in [4.78, 5) is 11.8. The second kappa shape index (κ2) is 5.35. The average molecular weight is 316 g/mol. The molecule has 0 aliphatic heterocycles. The summed E-state index contributed by atoms with van der Waals surface area (Å²) in [5.74, 6) is 0. The smallest absolute Gasteiger partial charge is 0.137 e. The van der Waals surface area contributed by atoms with Gasteiger partial charge < -0.3 is 4.98 Å². The molecule has 0 bridgehead atoms. The van der Waals surface area contributed by atoms with Crippen LogP contribution in [-0.4, -0.2) is 15.0 Å². The summed E-state index contributed by atoms with van der Waals surface area (Å²) in [7, 11) is 0. The van der Waals surface area contributed by atoms with E-state index in [2.05, 4.69) is 27.1 Å². The first-order valence-corrected chi connectivity index (χ1v) is 6.67. The Morgan fingerprint density at radius 1 is 1.00 bits per heavy atom. The molecule has 4 aromatic rings. The van der Waals surface area contributed by atoms with E-state index in [0.717, 1.165) is 33.1 Å². The van der Waals surface area contributed by atoms with Gasteiger partial charge in [-0.3, -0.25) is 4.98 Å². The van der Waals surface area contributed by atoms with Crippen molar-refractivity contribution in [1.29, 1.82) is 0 Å². The van der Waals surface area contributed by atoms with Crippen LogP contribution < -0.4 is 0 Å². The predicted octanol–water partition coefficient (Wildman–Crippen LogP) is 4.85. The third-order valence-electron chi connectivity index (χ3n) is 3.42. The zero-order valence-corrected chi connectivity index (χ0v) is 12.4. The molecule has 1 aromatic carbocycles. The van der Waals surface area contributed by atoms with Gasteiger partial charge in [0, 0.05) is 34.9 Å². The molecule has 0 aliphatic carbocycles. The quantitative estimate of drug-likeness (QED) is 0.545. The first kappa shape index (κ1) is 13.9. The Bertz CT molecular complexity index is 931. The van der Waals surface area contributed by atoms with Crippen LogP contribution in [0.5, 0.6) is 0 Å². The highest BCUT2D eigenvalue weighted by Crippen LogP contribution is 2.33. The number of benzene rings is 1. The number of nitrogens with zero attached hydrogens (tertiary/aromatic N) is 2. The lowest BCUT2D eigenvalue weighted by Crippen LogP contribution is -1.82. The molecule has 3 heterocycles. The minimum Gasteiger partial charge on any atom is -0.346 e. The van der Waals surface area contributed by atoms with Crippen LogP contribution in [0.25, 0.3) is 33.1 Å². The van der Waals surface area contributed by atoms with E-state index in [1.54, 1.807) is 12.4 Å². The van der Waals surface area contributed by atoms with Gasteiger partial charge in [0.2, 0.25) is 0 Å². The SMILES string of the molecule is Cl.Clc1cc(-c2c[nH]c3ncccc23)cc2cccnc12. The molecule has 0 saturated heterocycles. The monoisotopic (exact) mass is 315 g/mol. The molecule has 4 rings (SSSR count). The molecule has 1 N–H and O–H groups in total. The number of halogens is 2. The van der Waals surface area contributed by atoms with E-state index in [0.29, 0.717) is 5.02 Å². The van der Waals surface area contributed by atoms with E-state index in [1.807, 2.05) is 30.5 Å². The van der Waals surface area contributed by atoms with Gasteiger partial charge in [0.1, 0.15) is 5.65 Å². The second-order valence-corrected chi connectivity index (χ2v) is 5.04. The number of H-pyrrole nitrogens is 1. The molecular weight excluding hydrogens is 305 g/mol. The fourth-order valence-corrected chi connectivity index (χ4v) is 2.77. The van der Waals surface area contributed by atoms with Crippen LogP contribution in [0, 0.1) is 0 Å². The lowest BCUT2D eigenvalue weighted by molar-refractivity contribution is 1.33. The number of hydrogen-bond donors (Lipinski definition) is 1. The molecule has 0 aliphatic rings. The van der Waals surface area contributed by atoms with Crippen molar-refractivity contribution in [2.75, 3.05) is 0 Å². The van der Waals surface area contributed by atoms with E-state index in [4.69, 9.17) is 11.6 Å². The van der Waals surface area contributed by atoms with Crippen LogP contribution in [0.3, 0.4) is 0 Å². The third-order valence-corrected chi connectivity index (χ3v) is 3.71. The maximum atomic E-state index is 6.34. The second-order valence-electron chi connectivity index (χ2n) is 4.64. The molecule has 0 fully saturated rings. The van der Waals surface area contributed by atoms with Crippen LogP contribution >= 0.6 is 24.0 Å². The normalized spacial score (nSPS) is 10.7. The van der Waals surface area contributed by atoms with Crippen molar-refractivity contribution < 1.29 is 0 Å². The first-order valence-electron chi connectivity index (χ1n) is 6.30. The number of hydrogen-bond acceptors (Lipinski definition) is 2. The molecule has 0 saturated carbocycles. The van der Waals surface area contributed by atoms with Gasteiger partial charge in [-0.25, -0.2) is 4.98 Å². The van der Waals surface area contributed by atoms with Gasteiger partial charge >= 0.3 is 0 Å². The van der Waals surface area contributed by atoms with E-state index >= 15 is 0 Å². The summed E-state index contributed by atoms with van der Waals surface area (Å²) in [6.45, 7) is 0. The van der Waals surface area contributed by atoms with Crippen molar-refractivity contribution in [3.8, 4) is 11.1 Å². The molecule has 0 unspecified atom stereocenters. The van der Waals surface area contributed by atoms with Gasteiger partial charge in [0.05, 0.1) is 10.5 Å². The molecule has 3 aromatic heterocycles. The Morgan fingerprint density at radius 2 is 1.81 bits per heavy atom. The number of nitrogens with one attached hydrogen (secondary N) is 1. The number of rotatable bonds is 1. The fourth-order valence-electron chi connectivity index (χ4n) is 2.50. The number of aromatic nitrogens is 3. The number of fused-ring (bicyclic) bond motifs is 2. The summed E-state index contributed by atoms with van der Waals surface area (Å²) < 4.78 is 0. The fraction of sp³-hybridized carbons (Fsp3) is 0. The zero-order valence-electron chi connectivity index (χ0n) is 10.9. The summed E-state index contributed by atoms with van der Waals surface area (Å²) in [6, 6.07) is 12.0. The molecule has 5 heteroatoms. The van der Waals surface area contributed by atoms with Gasteiger partial charge in [-0.05, 0) is 35.9 Å². The summed E-state index contributed by atoms with van der Waals surface area (Å²) in [6.07, 6.45) is 5.49. The Hall–Kier alpha value is -2.10. The first-order chi connectivity index (χ1) is 9.83. The van der Waals surface area contributed by atoms with E-state index in [1.165, 1.54) is 0 Å². The Labute approximate surface area is 132 Å². The number of aromatic amines is 1. The third kappa shape index (κ3) is 2.24.